The molecule has 1 amide bonds. The predicted octanol–water partition coefficient (Wildman–Crippen LogP) is 1.43. The molecule has 1 saturated heterocycles. The van der Waals surface area contributed by atoms with Gasteiger partial charge in [0.2, 0.25) is 5.91 Å². The van der Waals surface area contributed by atoms with Crippen LogP contribution in [0.3, 0.4) is 0 Å². The van der Waals surface area contributed by atoms with E-state index >= 15 is 0 Å². The van der Waals surface area contributed by atoms with Gasteiger partial charge in [0.25, 0.3) is 0 Å². The maximum absolute atomic E-state index is 12.0. The van der Waals surface area contributed by atoms with E-state index in [0.717, 1.165) is 31.6 Å². The molecule has 2 aromatic rings. The number of amides is 1. The standard InChI is InChI=1S/C17H23N5O2/c1-21-9-7-16(20-21)19-17(23)12-22-10-5-15(6-11-22)24-13-14-4-2-3-8-18-14/h2-4,7-9,15H,5-6,10-13H2,1H3,(H,19,20,23). The number of carbonyl (C=O) groups excluding carboxylic acids is 1. The van der Waals surface area contributed by atoms with Crippen molar-refractivity contribution in [1.29, 1.82) is 0 Å². The van der Waals surface area contributed by atoms with Crippen molar-refractivity contribution in [2.75, 3.05) is 25.0 Å². The van der Waals surface area contributed by atoms with E-state index < -0.39 is 0 Å². The Morgan fingerprint density at radius 2 is 2.17 bits per heavy atom. The molecule has 7 nitrogen and oxygen atoms in total. The number of piperidine rings is 1. The fourth-order valence-corrected chi connectivity index (χ4v) is 2.79. The van der Waals surface area contributed by atoms with E-state index in [-0.39, 0.29) is 12.0 Å². The summed E-state index contributed by atoms with van der Waals surface area (Å²) in [4.78, 5) is 18.5. The third-order valence-corrected chi connectivity index (χ3v) is 4.08. The van der Waals surface area contributed by atoms with Crippen LogP contribution >= 0.6 is 0 Å². The highest BCUT2D eigenvalue weighted by atomic mass is 16.5. The first kappa shape index (κ1) is 16.6. The van der Waals surface area contributed by atoms with Crippen molar-refractivity contribution < 1.29 is 9.53 Å². The Balaban J connectivity index is 1.36. The van der Waals surface area contributed by atoms with Gasteiger partial charge in [0.05, 0.1) is 24.9 Å². The maximum Gasteiger partial charge on any atom is 0.239 e. The normalized spacial score (nSPS) is 16.2. The molecule has 0 unspecified atom stereocenters. The molecule has 1 fully saturated rings. The van der Waals surface area contributed by atoms with Crippen molar-refractivity contribution in [2.24, 2.45) is 7.05 Å². The fourth-order valence-electron chi connectivity index (χ4n) is 2.79. The minimum atomic E-state index is -0.0263. The third-order valence-electron chi connectivity index (χ3n) is 4.08. The number of pyridine rings is 1. The van der Waals surface area contributed by atoms with E-state index in [0.29, 0.717) is 19.0 Å². The highest BCUT2D eigenvalue weighted by molar-refractivity contribution is 5.91. The van der Waals surface area contributed by atoms with Crippen LogP contribution in [0.4, 0.5) is 5.82 Å². The molecule has 0 bridgehead atoms. The summed E-state index contributed by atoms with van der Waals surface area (Å²) in [5.74, 6) is 0.567. The Kier molecular flexibility index (Phi) is 5.55. The van der Waals surface area contributed by atoms with Crippen LogP contribution in [0.1, 0.15) is 18.5 Å². The molecule has 1 N–H and O–H groups in total. The van der Waals surface area contributed by atoms with E-state index in [4.69, 9.17) is 4.74 Å². The van der Waals surface area contributed by atoms with Gasteiger partial charge in [-0.05, 0) is 25.0 Å². The Morgan fingerprint density at radius 1 is 1.33 bits per heavy atom. The summed E-state index contributed by atoms with van der Waals surface area (Å²) in [5, 5.41) is 6.97. The number of hydrogen-bond acceptors (Lipinski definition) is 5. The highest BCUT2D eigenvalue weighted by Crippen LogP contribution is 2.15. The Morgan fingerprint density at radius 3 is 2.83 bits per heavy atom. The van der Waals surface area contributed by atoms with Gasteiger partial charge in [-0.3, -0.25) is 19.4 Å². The monoisotopic (exact) mass is 329 g/mol. The highest BCUT2D eigenvalue weighted by Gasteiger charge is 2.21. The largest absolute Gasteiger partial charge is 0.372 e. The molecule has 1 aliphatic heterocycles. The summed E-state index contributed by atoms with van der Waals surface area (Å²) >= 11 is 0. The first-order valence-electron chi connectivity index (χ1n) is 8.22. The van der Waals surface area contributed by atoms with Crippen LogP contribution in [0, 0.1) is 0 Å². The Labute approximate surface area is 141 Å². The molecule has 2 aromatic heterocycles. The number of aryl methyl sites for hydroxylation is 1. The average Bonchev–Trinajstić information content (AvgIpc) is 3.00. The molecular formula is C17H23N5O2. The number of nitrogens with one attached hydrogen (secondary N) is 1. The molecule has 3 rings (SSSR count). The van der Waals surface area contributed by atoms with Crippen molar-refractivity contribution in [3.63, 3.8) is 0 Å². The van der Waals surface area contributed by atoms with Gasteiger partial charge >= 0.3 is 0 Å². The van der Waals surface area contributed by atoms with Gasteiger partial charge in [-0.25, -0.2) is 0 Å². The van der Waals surface area contributed by atoms with Crippen molar-refractivity contribution in [3.8, 4) is 0 Å². The Bertz CT molecular complexity index is 650. The van der Waals surface area contributed by atoms with Gasteiger partial charge in [0.1, 0.15) is 0 Å². The van der Waals surface area contributed by atoms with Crippen LogP contribution < -0.4 is 5.32 Å². The second-order valence-electron chi connectivity index (χ2n) is 6.03. The van der Waals surface area contributed by atoms with E-state index in [1.165, 1.54) is 0 Å². The topological polar surface area (TPSA) is 72.3 Å². The minimum Gasteiger partial charge on any atom is -0.372 e. The Hall–Kier alpha value is -2.25. The number of carbonyl (C=O) groups is 1. The molecule has 3 heterocycles. The lowest BCUT2D eigenvalue weighted by Gasteiger charge is -2.31. The number of nitrogens with zero attached hydrogens (tertiary/aromatic N) is 4. The summed E-state index contributed by atoms with van der Waals surface area (Å²) < 4.78 is 7.58. The molecule has 0 radical (unpaired) electrons. The van der Waals surface area contributed by atoms with Gasteiger partial charge < -0.3 is 10.1 Å². The molecule has 0 aromatic carbocycles. The van der Waals surface area contributed by atoms with E-state index in [9.17, 15) is 4.79 Å². The zero-order chi connectivity index (χ0) is 16.8. The van der Waals surface area contributed by atoms with Crippen LogP contribution in [0.2, 0.25) is 0 Å². The van der Waals surface area contributed by atoms with Crippen LogP contribution in [-0.2, 0) is 23.2 Å². The van der Waals surface area contributed by atoms with Crippen LogP contribution in [0.25, 0.3) is 0 Å². The second kappa shape index (κ2) is 8.03. The van der Waals surface area contributed by atoms with Gasteiger partial charge in [-0.2, -0.15) is 5.10 Å². The molecule has 24 heavy (non-hydrogen) atoms. The van der Waals surface area contributed by atoms with Crippen LogP contribution in [0.5, 0.6) is 0 Å². The summed E-state index contributed by atoms with van der Waals surface area (Å²) in [6, 6.07) is 7.62. The van der Waals surface area contributed by atoms with Crippen molar-refractivity contribution in [2.45, 2.75) is 25.6 Å². The second-order valence-corrected chi connectivity index (χ2v) is 6.03. The number of hydrogen-bond donors (Lipinski definition) is 1. The third kappa shape index (κ3) is 4.87. The quantitative estimate of drug-likeness (QED) is 0.868. The first-order chi connectivity index (χ1) is 11.7. The van der Waals surface area contributed by atoms with Crippen molar-refractivity contribution >= 4 is 11.7 Å². The minimum absolute atomic E-state index is 0.0263. The van der Waals surface area contributed by atoms with Crippen molar-refractivity contribution in [1.82, 2.24) is 19.7 Å². The smallest absolute Gasteiger partial charge is 0.239 e. The van der Waals surface area contributed by atoms with Gasteiger partial charge in [-0.1, -0.05) is 6.07 Å². The number of aromatic nitrogens is 3. The zero-order valence-corrected chi connectivity index (χ0v) is 13.9. The van der Waals surface area contributed by atoms with Gasteiger partial charge in [-0.15, -0.1) is 0 Å². The molecular weight excluding hydrogens is 306 g/mol. The number of likely N-dealkylation sites (tertiary alicyclic amines) is 1. The van der Waals surface area contributed by atoms with Crippen LogP contribution in [-0.4, -0.2) is 51.3 Å². The average molecular weight is 329 g/mol. The van der Waals surface area contributed by atoms with E-state index in [1.807, 2.05) is 25.2 Å². The zero-order valence-electron chi connectivity index (χ0n) is 13.9. The summed E-state index contributed by atoms with van der Waals surface area (Å²) in [7, 11) is 1.82. The van der Waals surface area contributed by atoms with E-state index in [1.54, 1.807) is 23.1 Å². The number of anilines is 1. The van der Waals surface area contributed by atoms with Gasteiger partial charge in [0.15, 0.2) is 5.82 Å². The molecule has 0 saturated carbocycles. The van der Waals surface area contributed by atoms with Gasteiger partial charge in [0, 0.05) is 38.6 Å². The molecule has 0 atom stereocenters. The van der Waals surface area contributed by atoms with E-state index in [2.05, 4.69) is 20.3 Å². The van der Waals surface area contributed by atoms with Crippen LogP contribution in [0.15, 0.2) is 36.7 Å². The fraction of sp³-hybridized carbons (Fsp3) is 0.471. The summed E-state index contributed by atoms with van der Waals surface area (Å²) in [6.45, 7) is 2.67. The molecule has 7 heteroatoms. The lowest BCUT2D eigenvalue weighted by molar-refractivity contribution is -0.118. The summed E-state index contributed by atoms with van der Waals surface area (Å²) in [5.41, 5.74) is 0.953. The predicted molar refractivity (Wildman–Crippen MR) is 90.3 cm³/mol. The lowest BCUT2D eigenvalue weighted by Crippen LogP contribution is -2.41. The molecule has 0 aliphatic carbocycles. The van der Waals surface area contributed by atoms with Crippen molar-refractivity contribution in [3.05, 3.63) is 42.4 Å². The lowest BCUT2D eigenvalue weighted by atomic mass is 10.1. The SMILES string of the molecule is Cn1ccc(NC(=O)CN2CCC(OCc3ccccn3)CC2)n1. The first-order valence-corrected chi connectivity index (χ1v) is 8.22. The molecule has 1 aliphatic rings. The number of ether oxygens (including phenoxy) is 1. The molecule has 128 valence electrons. The maximum atomic E-state index is 12.0. The summed E-state index contributed by atoms with van der Waals surface area (Å²) in [6.07, 6.45) is 5.69. The molecule has 0 spiro atoms. The number of rotatable bonds is 6.